The molecule has 2 rings (SSSR count). The van der Waals surface area contributed by atoms with Crippen molar-refractivity contribution >= 4 is 33.1 Å². The lowest BCUT2D eigenvalue weighted by atomic mass is 10.2. The highest BCUT2D eigenvalue weighted by atomic mass is 79.9. The summed E-state index contributed by atoms with van der Waals surface area (Å²) in [4.78, 5) is 14.3. The van der Waals surface area contributed by atoms with E-state index in [2.05, 4.69) is 50.0 Å². The van der Waals surface area contributed by atoms with Crippen molar-refractivity contribution in [2.75, 3.05) is 5.32 Å². The fraction of sp³-hybridized carbons (Fsp3) is 0.417. The van der Waals surface area contributed by atoms with Crippen LogP contribution in [-0.4, -0.2) is 15.0 Å². The molecule has 4 nitrogen and oxygen atoms in total. The zero-order valence-corrected chi connectivity index (χ0v) is 13.0. The predicted molar refractivity (Wildman–Crippen MR) is 78.0 cm³/mol. The minimum Gasteiger partial charge on any atom is -0.365 e. The quantitative estimate of drug-likeness (QED) is 0.869. The first-order valence-corrected chi connectivity index (χ1v) is 7.41. The van der Waals surface area contributed by atoms with Gasteiger partial charge in [-0.3, -0.25) is 0 Å². The molecule has 0 radical (unpaired) electrons. The molecular formula is C12H15BrN4S. The number of aromatic nitrogens is 3. The first kappa shape index (κ1) is 13.4. The summed E-state index contributed by atoms with van der Waals surface area (Å²) in [5.41, 5.74) is 2.94. The van der Waals surface area contributed by atoms with Crippen molar-refractivity contribution < 1.29 is 0 Å². The Labute approximate surface area is 119 Å². The first-order valence-electron chi connectivity index (χ1n) is 5.73. The van der Waals surface area contributed by atoms with Gasteiger partial charge in [0.25, 0.3) is 0 Å². The molecule has 1 N–H and O–H groups in total. The molecule has 6 heteroatoms. The molecule has 96 valence electrons. The van der Waals surface area contributed by atoms with Crippen molar-refractivity contribution in [2.24, 2.45) is 0 Å². The summed E-state index contributed by atoms with van der Waals surface area (Å²) in [5, 5.41) is 3.31. The van der Waals surface area contributed by atoms with Crippen LogP contribution < -0.4 is 5.32 Å². The Kier molecular flexibility index (Phi) is 4.29. The number of rotatable bonds is 4. The predicted octanol–water partition coefficient (Wildman–Crippen LogP) is 3.74. The molecule has 0 amide bonds. The van der Waals surface area contributed by atoms with Gasteiger partial charge in [0.2, 0.25) is 0 Å². The lowest BCUT2D eigenvalue weighted by Gasteiger charge is -2.09. The molecule has 0 atom stereocenters. The van der Waals surface area contributed by atoms with E-state index in [1.54, 1.807) is 11.3 Å². The van der Waals surface area contributed by atoms with E-state index >= 15 is 0 Å². The fourth-order valence-electron chi connectivity index (χ4n) is 1.45. The molecule has 0 bridgehead atoms. The van der Waals surface area contributed by atoms with Gasteiger partial charge in [0.15, 0.2) is 0 Å². The zero-order valence-electron chi connectivity index (χ0n) is 10.6. The molecule has 0 aromatic carbocycles. The van der Waals surface area contributed by atoms with E-state index in [1.807, 2.05) is 18.5 Å². The highest BCUT2D eigenvalue weighted by molar-refractivity contribution is 9.10. The molecule has 2 heterocycles. The molecule has 0 fully saturated rings. The van der Waals surface area contributed by atoms with Crippen molar-refractivity contribution in [1.29, 1.82) is 0 Å². The van der Waals surface area contributed by atoms with Crippen LogP contribution in [0.15, 0.2) is 16.2 Å². The molecule has 0 spiro atoms. The van der Waals surface area contributed by atoms with Crippen LogP contribution in [0.2, 0.25) is 0 Å². The second-order valence-electron chi connectivity index (χ2n) is 4.30. The van der Waals surface area contributed by atoms with Gasteiger partial charge in [-0.1, -0.05) is 13.8 Å². The molecule has 0 saturated carbocycles. The Morgan fingerprint density at radius 2 is 2.17 bits per heavy atom. The summed E-state index contributed by atoms with van der Waals surface area (Å²) >= 11 is 5.07. The van der Waals surface area contributed by atoms with E-state index in [0.717, 1.165) is 28.5 Å². The second kappa shape index (κ2) is 5.75. The molecule has 0 aliphatic heterocycles. The number of halogens is 1. The number of aryl methyl sites for hydroxylation is 1. The molecule has 0 aliphatic carbocycles. The number of nitrogens with one attached hydrogen (secondary N) is 1. The summed E-state index contributed by atoms with van der Waals surface area (Å²) in [5.74, 6) is 1.99. The maximum Gasteiger partial charge on any atom is 0.134 e. The third-order valence-electron chi connectivity index (χ3n) is 2.50. The highest BCUT2D eigenvalue weighted by Gasteiger charge is 2.07. The Hall–Kier alpha value is -1.01. The molecule has 0 aliphatic rings. The van der Waals surface area contributed by atoms with Crippen LogP contribution in [0, 0.1) is 6.92 Å². The van der Waals surface area contributed by atoms with Crippen LogP contribution in [-0.2, 0) is 6.54 Å². The monoisotopic (exact) mass is 326 g/mol. The largest absolute Gasteiger partial charge is 0.365 e. The average Bonchev–Trinajstić information content (AvgIpc) is 2.71. The molecule has 2 aromatic heterocycles. The van der Waals surface area contributed by atoms with Crippen LogP contribution in [0.3, 0.4) is 0 Å². The maximum absolute atomic E-state index is 4.49. The van der Waals surface area contributed by atoms with Gasteiger partial charge in [-0.25, -0.2) is 15.0 Å². The Morgan fingerprint density at radius 1 is 1.39 bits per heavy atom. The minimum absolute atomic E-state index is 0.313. The van der Waals surface area contributed by atoms with Crippen LogP contribution in [0.1, 0.15) is 36.2 Å². The van der Waals surface area contributed by atoms with Crippen molar-refractivity contribution in [3.8, 4) is 0 Å². The summed E-state index contributed by atoms with van der Waals surface area (Å²) in [6.45, 7) is 6.93. The summed E-state index contributed by atoms with van der Waals surface area (Å²) in [6, 6.07) is 1.89. The van der Waals surface area contributed by atoms with Gasteiger partial charge in [0.05, 0.1) is 17.7 Å². The van der Waals surface area contributed by atoms with E-state index in [1.165, 1.54) is 4.88 Å². The standard InChI is InChI=1S/C12H15BrN4S/c1-7(2)12-16-10(13)4-11(17-12)14-5-9-8(3)15-6-18-9/h4,6-7H,5H2,1-3H3,(H,14,16,17). The Bertz CT molecular complexity index is 539. The molecule has 18 heavy (non-hydrogen) atoms. The molecule has 0 saturated heterocycles. The number of nitrogens with zero attached hydrogens (tertiary/aromatic N) is 3. The highest BCUT2D eigenvalue weighted by Crippen LogP contribution is 2.19. The van der Waals surface area contributed by atoms with E-state index < -0.39 is 0 Å². The maximum atomic E-state index is 4.49. The van der Waals surface area contributed by atoms with Crippen LogP contribution >= 0.6 is 27.3 Å². The van der Waals surface area contributed by atoms with Crippen molar-refractivity contribution in [2.45, 2.75) is 33.2 Å². The van der Waals surface area contributed by atoms with Crippen molar-refractivity contribution in [3.05, 3.63) is 32.6 Å². The Balaban J connectivity index is 2.12. The van der Waals surface area contributed by atoms with Crippen LogP contribution in [0.4, 0.5) is 5.82 Å². The van der Waals surface area contributed by atoms with Gasteiger partial charge in [-0.2, -0.15) is 0 Å². The number of hydrogen-bond donors (Lipinski definition) is 1. The van der Waals surface area contributed by atoms with E-state index in [4.69, 9.17) is 0 Å². The number of anilines is 1. The lowest BCUT2D eigenvalue weighted by Crippen LogP contribution is -2.05. The fourth-order valence-corrected chi connectivity index (χ4v) is 2.57. The number of thiazole rings is 1. The normalized spacial score (nSPS) is 10.9. The van der Waals surface area contributed by atoms with Gasteiger partial charge >= 0.3 is 0 Å². The van der Waals surface area contributed by atoms with Gasteiger partial charge in [0.1, 0.15) is 16.2 Å². The topological polar surface area (TPSA) is 50.7 Å². The SMILES string of the molecule is Cc1ncsc1CNc1cc(Br)nc(C(C)C)n1. The van der Waals surface area contributed by atoms with Crippen molar-refractivity contribution in [3.63, 3.8) is 0 Å². The summed E-state index contributed by atoms with van der Waals surface area (Å²) in [6.07, 6.45) is 0. The smallest absolute Gasteiger partial charge is 0.134 e. The summed E-state index contributed by atoms with van der Waals surface area (Å²) in [7, 11) is 0. The van der Waals surface area contributed by atoms with Crippen LogP contribution in [0.5, 0.6) is 0 Å². The average molecular weight is 327 g/mol. The van der Waals surface area contributed by atoms with E-state index in [9.17, 15) is 0 Å². The van der Waals surface area contributed by atoms with Crippen LogP contribution in [0.25, 0.3) is 0 Å². The molecule has 0 unspecified atom stereocenters. The van der Waals surface area contributed by atoms with Crippen molar-refractivity contribution in [1.82, 2.24) is 15.0 Å². The number of hydrogen-bond acceptors (Lipinski definition) is 5. The third-order valence-corrected chi connectivity index (χ3v) is 3.84. The summed E-state index contributed by atoms with van der Waals surface area (Å²) < 4.78 is 0.810. The molecule has 2 aromatic rings. The Morgan fingerprint density at radius 3 is 2.78 bits per heavy atom. The van der Waals surface area contributed by atoms with Gasteiger partial charge in [-0.15, -0.1) is 11.3 Å². The first-order chi connectivity index (χ1) is 8.56. The zero-order chi connectivity index (χ0) is 13.1. The van der Waals surface area contributed by atoms with Gasteiger partial charge in [-0.05, 0) is 22.9 Å². The molecular weight excluding hydrogens is 312 g/mol. The van der Waals surface area contributed by atoms with E-state index in [0.29, 0.717) is 5.92 Å². The minimum atomic E-state index is 0.313. The lowest BCUT2D eigenvalue weighted by molar-refractivity contribution is 0.769. The van der Waals surface area contributed by atoms with E-state index in [-0.39, 0.29) is 0 Å². The second-order valence-corrected chi connectivity index (χ2v) is 6.06. The third kappa shape index (κ3) is 3.26. The van der Waals surface area contributed by atoms with Gasteiger partial charge < -0.3 is 5.32 Å². The van der Waals surface area contributed by atoms with Gasteiger partial charge in [0, 0.05) is 16.9 Å².